The molecule has 9 rings (SSSR count). The van der Waals surface area contributed by atoms with Gasteiger partial charge in [-0.1, -0.05) is 298 Å². The fourth-order valence-corrected chi connectivity index (χ4v) is 8.11. The number of halogens is 2. The Kier molecular flexibility index (Phi) is 51.4. The van der Waals surface area contributed by atoms with Gasteiger partial charge in [-0.3, -0.25) is 15.0 Å². The summed E-state index contributed by atoms with van der Waals surface area (Å²) in [7, 11) is 0. The molecule has 3 heterocycles. The van der Waals surface area contributed by atoms with Gasteiger partial charge in [0, 0.05) is 41.7 Å². The van der Waals surface area contributed by atoms with Gasteiger partial charge in [-0.05, 0) is 191 Å². The summed E-state index contributed by atoms with van der Waals surface area (Å²) in [5, 5.41) is 9.53. The first-order valence-corrected chi connectivity index (χ1v) is 31.9. The predicted molar refractivity (Wildman–Crippen MR) is 409 cm³/mol. The molecule has 0 radical (unpaired) electrons. The average Bonchev–Trinajstić information content (AvgIpc) is 1.67. The third-order valence-electron chi connectivity index (χ3n) is 13.9. The number of hydrogen-bond acceptors (Lipinski definition) is 4. The summed E-state index contributed by atoms with van der Waals surface area (Å²) in [4.78, 5) is 12.1. The van der Waals surface area contributed by atoms with Crippen LogP contribution in [0.1, 0.15) is 280 Å². The molecule has 0 aliphatic carbocycles. The Bertz CT molecular complexity index is 2930. The monoisotopic (exact) mass is 1270 g/mol. The van der Waals surface area contributed by atoms with E-state index in [1.807, 2.05) is 111 Å². The highest BCUT2D eigenvalue weighted by atomic mass is 35.5. The Hall–Kier alpha value is -7.52. The van der Waals surface area contributed by atoms with E-state index in [9.17, 15) is 4.39 Å². The zero-order chi connectivity index (χ0) is 66.1. The van der Waals surface area contributed by atoms with Crippen molar-refractivity contribution in [3.05, 3.63) is 302 Å². The molecule has 6 heteroatoms. The van der Waals surface area contributed by atoms with E-state index in [0.717, 1.165) is 21.8 Å². The number of pyridine rings is 3. The first kappa shape index (κ1) is 90.9. The lowest BCUT2D eigenvalue weighted by Crippen LogP contribution is -1.89. The number of aromatic nitrogens is 3. The van der Waals surface area contributed by atoms with Crippen LogP contribution in [0.3, 0.4) is 0 Å². The first-order chi connectivity index (χ1) is 41.6. The van der Waals surface area contributed by atoms with Gasteiger partial charge in [-0.2, -0.15) is 5.26 Å². The van der Waals surface area contributed by atoms with Crippen molar-refractivity contribution < 1.29 is 4.39 Å². The van der Waals surface area contributed by atoms with Gasteiger partial charge in [-0.15, -0.1) is 0 Å². The number of hydrogen-bond donors (Lipinski definition) is 0. The molecule has 0 amide bonds. The van der Waals surface area contributed by atoms with Gasteiger partial charge in [0.1, 0.15) is 5.82 Å². The molecule has 3 aromatic heterocycles. The molecule has 0 atom stereocenters. The van der Waals surface area contributed by atoms with E-state index < -0.39 is 0 Å². The van der Waals surface area contributed by atoms with Crippen molar-refractivity contribution in [3.8, 4) is 6.07 Å². The van der Waals surface area contributed by atoms with Crippen molar-refractivity contribution in [2.24, 2.45) is 0 Å². The van der Waals surface area contributed by atoms with Crippen molar-refractivity contribution >= 4 is 11.6 Å². The molecule has 9 aromatic rings. The Balaban J connectivity index is -0.000000471. The number of aryl methyl sites for hydroxylation is 3. The molecule has 0 saturated carbocycles. The third-order valence-corrected chi connectivity index (χ3v) is 14.1. The van der Waals surface area contributed by atoms with Gasteiger partial charge in [0.2, 0.25) is 0 Å². The minimum Gasteiger partial charge on any atom is -0.265 e. The van der Waals surface area contributed by atoms with E-state index in [1.54, 1.807) is 6.20 Å². The van der Waals surface area contributed by atoms with Crippen LogP contribution >= 0.6 is 11.6 Å². The van der Waals surface area contributed by atoms with Gasteiger partial charge in [-0.25, -0.2) is 4.39 Å². The molecule has 0 aliphatic heterocycles. The number of nitrogens with zero attached hydrogens (tertiary/aromatic N) is 4. The largest absolute Gasteiger partial charge is 0.265 e. The fourth-order valence-electron chi connectivity index (χ4n) is 7.99. The van der Waals surface area contributed by atoms with Gasteiger partial charge in [0.15, 0.2) is 0 Å². The summed E-state index contributed by atoms with van der Waals surface area (Å²) in [6, 6.07) is 64.8. The summed E-state index contributed by atoms with van der Waals surface area (Å²) in [5.41, 5.74) is 16.5. The van der Waals surface area contributed by atoms with E-state index in [-0.39, 0.29) is 35.5 Å². The van der Waals surface area contributed by atoms with E-state index in [2.05, 4.69) is 257 Å². The molecule has 0 N–H and O–H groups in total. The summed E-state index contributed by atoms with van der Waals surface area (Å²) in [6.07, 6.45) is 9.19. The highest BCUT2D eigenvalue weighted by Gasteiger charge is 2.03. The van der Waals surface area contributed by atoms with Crippen LogP contribution in [0.25, 0.3) is 0 Å². The van der Waals surface area contributed by atoms with Gasteiger partial charge < -0.3 is 0 Å². The van der Waals surface area contributed by atoms with Crippen molar-refractivity contribution in [3.63, 3.8) is 0 Å². The van der Waals surface area contributed by atoms with Gasteiger partial charge in [0.05, 0.1) is 11.6 Å². The van der Waals surface area contributed by atoms with Crippen molar-refractivity contribution in [1.29, 1.82) is 5.26 Å². The molecular formula is C86H124ClFN4. The first-order valence-electron chi connectivity index (χ1n) is 31.6. The van der Waals surface area contributed by atoms with E-state index in [1.165, 1.54) is 67.8 Å². The van der Waals surface area contributed by atoms with Crippen molar-refractivity contribution in [2.45, 2.75) is 228 Å². The van der Waals surface area contributed by atoms with Gasteiger partial charge >= 0.3 is 0 Å². The molecule has 0 unspecified atom stereocenters. The molecule has 4 nitrogen and oxygen atoms in total. The minimum atomic E-state index is -0.163. The molecule has 92 heavy (non-hydrogen) atoms. The SMILES string of the molecule is C.C.C.C.CC(C)c1ccc(Cl)cc1.CC(C)c1ccc(F)cc1.CC(C)c1ccccc1.CC(C)c1ccccn1.CC(C)c1cccnc1.CC(C)c1ccncc1.Cc1cc(C#N)cc(C(C)C)c1.Cc1cccc(C(C)C)c1.Cc1cccc(C(C)C)c1. The Labute approximate surface area is 569 Å². The molecule has 502 valence electrons. The fraction of sp³-hybridized carbons (Fsp3) is 0.395. The second-order valence-electron chi connectivity index (χ2n) is 24.8. The molecular weight excluding hydrogens is 1140 g/mol. The highest BCUT2D eigenvalue weighted by Crippen LogP contribution is 2.20. The normalized spacial score (nSPS) is 9.77. The second kappa shape index (κ2) is 52.0. The van der Waals surface area contributed by atoms with E-state index in [4.69, 9.17) is 16.9 Å². The predicted octanol–water partition coefficient (Wildman–Crippen LogP) is 27.6. The van der Waals surface area contributed by atoms with Crippen LogP contribution in [-0.4, -0.2) is 15.0 Å². The maximum Gasteiger partial charge on any atom is 0.123 e. The van der Waals surface area contributed by atoms with Crippen LogP contribution in [-0.2, 0) is 0 Å². The highest BCUT2D eigenvalue weighted by molar-refractivity contribution is 6.30. The summed E-state index contributed by atoms with van der Waals surface area (Å²) < 4.78 is 12.4. The van der Waals surface area contributed by atoms with Crippen molar-refractivity contribution in [2.75, 3.05) is 0 Å². The maximum atomic E-state index is 12.4. The summed E-state index contributed by atoms with van der Waals surface area (Å²) in [6.45, 7) is 45.3. The smallest absolute Gasteiger partial charge is 0.123 e. The van der Waals surface area contributed by atoms with E-state index >= 15 is 0 Å². The quantitative estimate of drug-likeness (QED) is 0.144. The number of rotatable bonds is 9. The molecule has 0 spiro atoms. The zero-order valence-electron chi connectivity index (χ0n) is 57.5. The molecule has 0 aliphatic rings. The average molecular weight is 1270 g/mol. The lowest BCUT2D eigenvalue weighted by Gasteiger charge is -2.06. The third kappa shape index (κ3) is 41.8. The van der Waals surface area contributed by atoms with E-state index in [0.29, 0.717) is 53.3 Å². The van der Waals surface area contributed by atoms with Crippen LogP contribution in [0, 0.1) is 37.9 Å². The lowest BCUT2D eigenvalue weighted by molar-refractivity contribution is 0.626. The second-order valence-corrected chi connectivity index (χ2v) is 25.2. The lowest BCUT2D eigenvalue weighted by atomic mass is 9.99. The summed E-state index contributed by atoms with van der Waals surface area (Å²) in [5.74, 6) is 5.14. The molecule has 0 bridgehead atoms. The minimum absolute atomic E-state index is 0. The van der Waals surface area contributed by atoms with Crippen LogP contribution in [0.5, 0.6) is 0 Å². The Morgan fingerprint density at radius 1 is 0.326 bits per heavy atom. The zero-order valence-corrected chi connectivity index (χ0v) is 58.3. The molecule has 6 aromatic carbocycles. The number of nitriles is 1. The van der Waals surface area contributed by atoms with Crippen molar-refractivity contribution in [1.82, 2.24) is 15.0 Å². The van der Waals surface area contributed by atoms with Crippen LogP contribution in [0.15, 0.2) is 219 Å². The molecule has 0 saturated heterocycles. The number of benzene rings is 6. The topological polar surface area (TPSA) is 62.5 Å². The molecule has 0 fully saturated rings. The van der Waals surface area contributed by atoms with Crippen LogP contribution in [0.2, 0.25) is 5.02 Å². The Morgan fingerprint density at radius 3 is 1.02 bits per heavy atom. The Morgan fingerprint density at radius 2 is 0.707 bits per heavy atom. The summed E-state index contributed by atoms with van der Waals surface area (Å²) >= 11 is 5.72. The maximum absolute atomic E-state index is 12.4. The standard InChI is InChI=1S/C11H13N.2C10H14.C9H11Cl.C9H11F.C9H12.3C8H11N.4CH4/c1-8(2)11-5-9(3)4-10(6-11)7-12;2*1-8(2)10-6-4-5-9(3)7-10;2*1-7(2)8-3-5-9(10)6-4-8;1-8(2)9-6-4-3-5-7-9;1-7(2)8-3-5-9-6-4-8;1-7(2)8-4-3-5-9-6-8;1-7(2)8-5-3-4-6-9-8;;;;/h4-6,8H,1-3H3;2*4-8H,1-3H3;2*3-7H,1-2H3;3-8H,1-2H3;3*3-7H,1-2H3;4*1H4. The van der Waals surface area contributed by atoms with Crippen LogP contribution < -0.4 is 0 Å². The van der Waals surface area contributed by atoms with Crippen LogP contribution in [0.4, 0.5) is 4.39 Å². The van der Waals surface area contributed by atoms with Gasteiger partial charge in [0.25, 0.3) is 0 Å².